The Morgan fingerprint density at radius 2 is 2.00 bits per heavy atom. The van der Waals surface area contributed by atoms with Crippen molar-refractivity contribution in [3.8, 4) is 0 Å². The molecular weight excluding hydrogens is 272 g/mol. The molecule has 0 radical (unpaired) electrons. The molecule has 0 bridgehead atoms. The Balaban J connectivity index is 2.10. The number of nitrogens with zero attached hydrogens (tertiary/aromatic N) is 1. The van der Waals surface area contributed by atoms with Gasteiger partial charge in [0.25, 0.3) is 0 Å². The zero-order chi connectivity index (χ0) is 14.6. The Morgan fingerprint density at radius 1 is 1.30 bits per heavy atom. The molecule has 0 amide bonds. The average molecular weight is 296 g/mol. The van der Waals surface area contributed by atoms with E-state index >= 15 is 0 Å². The molecule has 1 aromatic carbocycles. The van der Waals surface area contributed by atoms with Crippen molar-refractivity contribution >= 4 is 10.0 Å². The topological polar surface area (TPSA) is 63.4 Å². The summed E-state index contributed by atoms with van der Waals surface area (Å²) in [6, 6.07) is 7.24. The van der Waals surface area contributed by atoms with Gasteiger partial charge in [0, 0.05) is 13.1 Å². The van der Waals surface area contributed by atoms with Crippen molar-refractivity contribution in [1.29, 1.82) is 0 Å². The van der Waals surface area contributed by atoms with Gasteiger partial charge in [-0.05, 0) is 49.4 Å². The molecule has 1 saturated heterocycles. The zero-order valence-corrected chi connectivity index (χ0v) is 12.9. The lowest BCUT2D eigenvalue weighted by Crippen LogP contribution is -2.28. The highest BCUT2D eigenvalue weighted by atomic mass is 32.2. The van der Waals surface area contributed by atoms with Gasteiger partial charge in [0.2, 0.25) is 10.0 Å². The van der Waals surface area contributed by atoms with Gasteiger partial charge in [-0.25, -0.2) is 8.42 Å². The van der Waals surface area contributed by atoms with E-state index in [2.05, 4.69) is 6.92 Å². The van der Waals surface area contributed by atoms with E-state index in [1.165, 1.54) is 0 Å². The molecular formula is C15H24N2O2S. The third-order valence-electron chi connectivity index (χ3n) is 4.06. The number of rotatable bonds is 6. The number of nitrogens with two attached hydrogens (primary N) is 1. The summed E-state index contributed by atoms with van der Waals surface area (Å²) in [7, 11) is -3.31. The van der Waals surface area contributed by atoms with Gasteiger partial charge < -0.3 is 5.73 Å². The minimum atomic E-state index is -3.31. The van der Waals surface area contributed by atoms with Crippen LogP contribution in [0.5, 0.6) is 0 Å². The van der Waals surface area contributed by atoms with Gasteiger partial charge in [0.15, 0.2) is 0 Å². The predicted molar refractivity (Wildman–Crippen MR) is 81.0 cm³/mol. The van der Waals surface area contributed by atoms with Crippen LogP contribution in [0.1, 0.15) is 31.7 Å². The number of aryl methyl sites for hydroxylation is 1. The third kappa shape index (κ3) is 3.40. The van der Waals surface area contributed by atoms with E-state index in [4.69, 9.17) is 5.73 Å². The number of hydrogen-bond acceptors (Lipinski definition) is 3. The average Bonchev–Trinajstić information content (AvgIpc) is 2.95. The number of hydrogen-bond donors (Lipinski definition) is 1. The molecule has 2 N–H and O–H groups in total. The minimum Gasteiger partial charge on any atom is -0.330 e. The van der Waals surface area contributed by atoms with E-state index in [-0.39, 0.29) is 0 Å². The highest BCUT2D eigenvalue weighted by molar-refractivity contribution is 7.89. The second kappa shape index (κ2) is 6.70. The quantitative estimate of drug-likeness (QED) is 0.873. The monoisotopic (exact) mass is 296 g/mol. The van der Waals surface area contributed by atoms with Crippen molar-refractivity contribution in [3.63, 3.8) is 0 Å². The lowest BCUT2D eigenvalue weighted by molar-refractivity contribution is 0.453. The molecule has 1 heterocycles. The Bertz CT molecular complexity index is 525. The van der Waals surface area contributed by atoms with E-state index in [1.807, 2.05) is 12.1 Å². The van der Waals surface area contributed by atoms with Gasteiger partial charge in [-0.3, -0.25) is 0 Å². The van der Waals surface area contributed by atoms with Crippen LogP contribution in [0, 0.1) is 5.92 Å². The van der Waals surface area contributed by atoms with Gasteiger partial charge in [0.1, 0.15) is 0 Å². The van der Waals surface area contributed by atoms with Crippen LogP contribution >= 0.6 is 0 Å². The van der Waals surface area contributed by atoms with E-state index in [0.717, 1.165) is 31.2 Å². The van der Waals surface area contributed by atoms with Crippen molar-refractivity contribution in [3.05, 3.63) is 29.8 Å². The Labute approximate surface area is 122 Å². The summed E-state index contributed by atoms with van der Waals surface area (Å²) >= 11 is 0. The molecule has 0 saturated carbocycles. The summed E-state index contributed by atoms with van der Waals surface area (Å²) in [5.41, 5.74) is 6.62. The molecule has 1 unspecified atom stereocenters. The van der Waals surface area contributed by atoms with Crippen LogP contribution in [0.4, 0.5) is 0 Å². The molecule has 20 heavy (non-hydrogen) atoms. The summed E-state index contributed by atoms with van der Waals surface area (Å²) in [4.78, 5) is 0.408. The maximum absolute atomic E-state index is 12.5. The number of benzene rings is 1. The molecule has 1 fully saturated rings. The van der Waals surface area contributed by atoms with Gasteiger partial charge >= 0.3 is 0 Å². The highest BCUT2D eigenvalue weighted by Gasteiger charge is 2.31. The smallest absolute Gasteiger partial charge is 0.243 e. The van der Waals surface area contributed by atoms with Gasteiger partial charge in [-0.1, -0.05) is 25.5 Å². The van der Waals surface area contributed by atoms with Crippen molar-refractivity contribution in [2.75, 3.05) is 19.6 Å². The van der Waals surface area contributed by atoms with Crippen molar-refractivity contribution < 1.29 is 8.42 Å². The Morgan fingerprint density at radius 3 is 2.55 bits per heavy atom. The van der Waals surface area contributed by atoms with E-state index in [9.17, 15) is 8.42 Å². The maximum atomic E-state index is 12.5. The SMILES string of the molecule is CCC1CCN(S(=O)(=O)c2ccc(CCCN)cc2)C1. The van der Waals surface area contributed by atoms with Crippen LogP contribution in [0.2, 0.25) is 0 Å². The van der Waals surface area contributed by atoms with Gasteiger partial charge in [0.05, 0.1) is 4.90 Å². The van der Waals surface area contributed by atoms with Crippen LogP contribution < -0.4 is 5.73 Å². The standard InChI is InChI=1S/C15H24N2O2S/c1-2-13-9-11-17(12-13)20(18,19)15-7-5-14(6-8-15)4-3-10-16/h5-8,13H,2-4,9-12,16H2,1H3. The fourth-order valence-corrected chi connectivity index (χ4v) is 4.16. The van der Waals surface area contributed by atoms with Crippen LogP contribution in [0.3, 0.4) is 0 Å². The molecule has 5 heteroatoms. The normalized spacial score (nSPS) is 20.4. The molecule has 0 spiro atoms. The highest BCUT2D eigenvalue weighted by Crippen LogP contribution is 2.26. The number of sulfonamides is 1. The molecule has 0 aromatic heterocycles. The van der Waals surface area contributed by atoms with Crippen molar-refractivity contribution in [1.82, 2.24) is 4.31 Å². The second-order valence-electron chi connectivity index (χ2n) is 5.46. The second-order valence-corrected chi connectivity index (χ2v) is 7.40. The molecule has 0 aliphatic carbocycles. The molecule has 112 valence electrons. The lowest BCUT2D eigenvalue weighted by atomic mass is 10.1. The van der Waals surface area contributed by atoms with E-state index in [1.54, 1.807) is 16.4 Å². The fourth-order valence-electron chi connectivity index (χ4n) is 2.63. The molecule has 2 rings (SSSR count). The van der Waals surface area contributed by atoms with Crippen LogP contribution in [-0.4, -0.2) is 32.4 Å². The van der Waals surface area contributed by atoms with Crippen molar-refractivity contribution in [2.24, 2.45) is 11.7 Å². The first-order valence-electron chi connectivity index (χ1n) is 7.37. The van der Waals surface area contributed by atoms with E-state index < -0.39 is 10.0 Å². The minimum absolute atomic E-state index is 0.408. The summed E-state index contributed by atoms with van der Waals surface area (Å²) in [5, 5.41) is 0. The molecule has 4 nitrogen and oxygen atoms in total. The molecule has 1 aliphatic rings. The van der Waals surface area contributed by atoms with Gasteiger partial charge in [-0.2, -0.15) is 4.31 Å². The van der Waals surface area contributed by atoms with Crippen LogP contribution in [0.25, 0.3) is 0 Å². The Hall–Kier alpha value is -0.910. The van der Waals surface area contributed by atoms with Crippen LogP contribution in [0.15, 0.2) is 29.2 Å². The van der Waals surface area contributed by atoms with Gasteiger partial charge in [-0.15, -0.1) is 0 Å². The largest absolute Gasteiger partial charge is 0.330 e. The summed E-state index contributed by atoms with van der Waals surface area (Å²) in [6.07, 6.45) is 3.85. The predicted octanol–water partition coefficient (Wildman–Crippen LogP) is 2.00. The zero-order valence-electron chi connectivity index (χ0n) is 12.1. The molecule has 1 aliphatic heterocycles. The lowest BCUT2D eigenvalue weighted by Gasteiger charge is -2.16. The fraction of sp³-hybridized carbons (Fsp3) is 0.600. The first-order valence-corrected chi connectivity index (χ1v) is 8.81. The summed E-state index contributed by atoms with van der Waals surface area (Å²) in [5.74, 6) is 0.508. The summed E-state index contributed by atoms with van der Waals surface area (Å²) in [6.45, 7) is 4.09. The molecule has 1 aromatic rings. The first kappa shape index (κ1) is 15.5. The maximum Gasteiger partial charge on any atom is 0.243 e. The molecule has 1 atom stereocenters. The third-order valence-corrected chi connectivity index (χ3v) is 5.94. The van der Waals surface area contributed by atoms with Crippen molar-refractivity contribution in [2.45, 2.75) is 37.5 Å². The Kier molecular flexibility index (Phi) is 5.18. The summed E-state index contributed by atoms with van der Waals surface area (Å²) < 4.78 is 26.7. The van der Waals surface area contributed by atoms with E-state index in [0.29, 0.717) is 30.4 Å². The van der Waals surface area contributed by atoms with Crippen LogP contribution in [-0.2, 0) is 16.4 Å². The first-order chi connectivity index (χ1) is 9.57.